The highest BCUT2D eigenvalue weighted by atomic mass is 16.5. The molecule has 0 radical (unpaired) electrons. The molecular weight excluding hydrogens is 254 g/mol. The number of carbonyl (C=O) groups excluding carboxylic acids is 1. The molecule has 106 valence electrons. The maximum atomic E-state index is 11.7. The van der Waals surface area contributed by atoms with E-state index in [1.165, 1.54) is 0 Å². The van der Waals surface area contributed by atoms with E-state index in [0.29, 0.717) is 19.4 Å². The Morgan fingerprint density at radius 3 is 2.75 bits per heavy atom. The van der Waals surface area contributed by atoms with Crippen molar-refractivity contribution in [3.8, 4) is 5.75 Å². The van der Waals surface area contributed by atoms with Gasteiger partial charge in [0.05, 0.1) is 12.8 Å². The molecule has 4 heteroatoms. The quantitative estimate of drug-likeness (QED) is 0.844. The van der Waals surface area contributed by atoms with Crippen LogP contribution in [0.5, 0.6) is 5.75 Å². The zero-order valence-corrected chi connectivity index (χ0v) is 11.5. The van der Waals surface area contributed by atoms with Gasteiger partial charge in [-0.3, -0.25) is 4.79 Å². The van der Waals surface area contributed by atoms with Crippen LogP contribution in [0.25, 0.3) is 0 Å². The predicted molar refractivity (Wildman–Crippen MR) is 76.6 cm³/mol. The summed E-state index contributed by atoms with van der Waals surface area (Å²) < 4.78 is 10.9. The molecule has 1 atom stereocenters. The molecule has 20 heavy (non-hydrogen) atoms. The summed E-state index contributed by atoms with van der Waals surface area (Å²) >= 11 is 0. The Morgan fingerprint density at radius 1 is 1.25 bits per heavy atom. The number of hydrogen-bond acceptors (Lipinski definition) is 3. The molecule has 0 spiro atoms. The van der Waals surface area contributed by atoms with Gasteiger partial charge in [0.15, 0.2) is 0 Å². The number of furan rings is 1. The van der Waals surface area contributed by atoms with E-state index in [4.69, 9.17) is 9.15 Å². The lowest BCUT2D eigenvalue weighted by molar-refractivity contribution is -0.121. The average molecular weight is 273 g/mol. The average Bonchev–Trinajstić information content (AvgIpc) is 2.97. The number of ether oxygens (including phenoxy) is 1. The number of carbonyl (C=O) groups is 1. The van der Waals surface area contributed by atoms with Gasteiger partial charge in [-0.25, -0.2) is 0 Å². The molecule has 4 nitrogen and oxygen atoms in total. The number of benzene rings is 1. The minimum absolute atomic E-state index is 0.00455. The lowest BCUT2D eigenvalue weighted by Gasteiger charge is -2.15. The number of aryl methyl sites for hydroxylation is 1. The second-order valence-corrected chi connectivity index (χ2v) is 4.62. The third-order valence-corrected chi connectivity index (χ3v) is 2.85. The number of hydrogen-bond donors (Lipinski definition) is 1. The van der Waals surface area contributed by atoms with Gasteiger partial charge in [-0.1, -0.05) is 18.2 Å². The second-order valence-electron chi connectivity index (χ2n) is 4.62. The molecule has 0 unspecified atom stereocenters. The van der Waals surface area contributed by atoms with Crippen LogP contribution >= 0.6 is 0 Å². The first-order valence-electron chi connectivity index (χ1n) is 6.75. The van der Waals surface area contributed by atoms with Crippen LogP contribution in [0, 0.1) is 0 Å². The minimum atomic E-state index is -0.0648. The first-order chi connectivity index (χ1) is 9.74. The van der Waals surface area contributed by atoms with Gasteiger partial charge in [-0.15, -0.1) is 0 Å². The van der Waals surface area contributed by atoms with E-state index in [2.05, 4.69) is 5.32 Å². The molecule has 1 N–H and O–H groups in total. The maximum absolute atomic E-state index is 11.7. The summed E-state index contributed by atoms with van der Waals surface area (Å²) in [5, 5.41) is 2.86. The van der Waals surface area contributed by atoms with E-state index in [9.17, 15) is 4.79 Å². The SMILES string of the molecule is C[C@@H](CNC(=O)CCc1ccco1)Oc1ccccc1. The van der Waals surface area contributed by atoms with Crippen molar-refractivity contribution >= 4 is 5.91 Å². The summed E-state index contributed by atoms with van der Waals surface area (Å²) in [6, 6.07) is 13.3. The molecule has 1 aromatic heterocycles. The van der Waals surface area contributed by atoms with Crippen LogP contribution in [0.3, 0.4) is 0 Å². The van der Waals surface area contributed by atoms with Gasteiger partial charge in [0.25, 0.3) is 0 Å². The number of para-hydroxylation sites is 1. The molecule has 2 rings (SSSR count). The van der Waals surface area contributed by atoms with Crippen molar-refractivity contribution in [1.29, 1.82) is 0 Å². The number of rotatable bonds is 7. The molecule has 0 saturated carbocycles. The Morgan fingerprint density at radius 2 is 2.05 bits per heavy atom. The summed E-state index contributed by atoms with van der Waals surface area (Å²) in [4.78, 5) is 11.7. The molecule has 0 fully saturated rings. The van der Waals surface area contributed by atoms with Gasteiger partial charge in [0.1, 0.15) is 17.6 Å². The highest BCUT2D eigenvalue weighted by Crippen LogP contribution is 2.10. The Hall–Kier alpha value is -2.23. The highest BCUT2D eigenvalue weighted by molar-refractivity contribution is 5.76. The predicted octanol–water partition coefficient (Wildman–Crippen LogP) is 2.80. The summed E-state index contributed by atoms with van der Waals surface area (Å²) in [6.45, 7) is 2.42. The fourth-order valence-electron chi connectivity index (χ4n) is 1.81. The van der Waals surface area contributed by atoms with Crippen molar-refractivity contribution in [3.63, 3.8) is 0 Å². The van der Waals surface area contributed by atoms with E-state index in [-0.39, 0.29) is 12.0 Å². The highest BCUT2D eigenvalue weighted by Gasteiger charge is 2.07. The molecule has 1 heterocycles. The van der Waals surface area contributed by atoms with Crippen LogP contribution in [-0.2, 0) is 11.2 Å². The molecule has 2 aromatic rings. The van der Waals surface area contributed by atoms with E-state index in [0.717, 1.165) is 11.5 Å². The molecule has 1 amide bonds. The standard InChI is InChI=1S/C16H19NO3/c1-13(20-15-6-3-2-4-7-15)12-17-16(18)10-9-14-8-5-11-19-14/h2-8,11,13H,9-10,12H2,1H3,(H,17,18)/t13-/m0/s1. The largest absolute Gasteiger partial charge is 0.489 e. The summed E-state index contributed by atoms with van der Waals surface area (Å²) in [5.41, 5.74) is 0. The normalized spacial score (nSPS) is 11.8. The molecule has 0 aliphatic rings. The first kappa shape index (κ1) is 14.2. The molecule has 0 bridgehead atoms. The van der Waals surface area contributed by atoms with Crippen LogP contribution in [0.1, 0.15) is 19.1 Å². The number of nitrogens with one attached hydrogen (secondary N) is 1. The van der Waals surface area contributed by atoms with Gasteiger partial charge in [-0.05, 0) is 31.2 Å². The van der Waals surface area contributed by atoms with E-state index >= 15 is 0 Å². The zero-order valence-electron chi connectivity index (χ0n) is 11.5. The lowest BCUT2D eigenvalue weighted by Crippen LogP contribution is -2.33. The van der Waals surface area contributed by atoms with Crippen LogP contribution in [0.15, 0.2) is 53.1 Å². The third-order valence-electron chi connectivity index (χ3n) is 2.85. The van der Waals surface area contributed by atoms with Crippen LogP contribution < -0.4 is 10.1 Å². The van der Waals surface area contributed by atoms with Crippen LogP contribution in [0.2, 0.25) is 0 Å². The molecule has 0 aliphatic heterocycles. The molecule has 0 saturated heterocycles. The van der Waals surface area contributed by atoms with Crippen LogP contribution in [0.4, 0.5) is 0 Å². The van der Waals surface area contributed by atoms with Gasteiger partial charge < -0.3 is 14.5 Å². The maximum Gasteiger partial charge on any atom is 0.220 e. The van der Waals surface area contributed by atoms with Crippen molar-refractivity contribution in [2.24, 2.45) is 0 Å². The van der Waals surface area contributed by atoms with Crippen molar-refractivity contribution in [1.82, 2.24) is 5.32 Å². The Balaban J connectivity index is 1.65. The Labute approximate surface area is 118 Å². The second kappa shape index (κ2) is 7.38. The van der Waals surface area contributed by atoms with E-state index in [1.807, 2.05) is 49.4 Å². The van der Waals surface area contributed by atoms with Crippen molar-refractivity contribution in [2.45, 2.75) is 25.9 Å². The summed E-state index contributed by atoms with van der Waals surface area (Å²) in [6.07, 6.45) is 2.59. The molecular formula is C16H19NO3. The topological polar surface area (TPSA) is 51.5 Å². The van der Waals surface area contributed by atoms with E-state index < -0.39 is 0 Å². The Bertz CT molecular complexity index is 508. The van der Waals surface area contributed by atoms with Crippen molar-refractivity contribution in [2.75, 3.05) is 6.54 Å². The fourth-order valence-corrected chi connectivity index (χ4v) is 1.81. The smallest absolute Gasteiger partial charge is 0.220 e. The monoisotopic (exact) mass is 273 g/mol. The summed E-state index contributed by atoms with van der Waals surface area (Å²) in [7, 11) is 0. The molecule has 1 aromatic carbocycles. The number of amides is 1. The minimum Gasteiger partial charge on any atom is -0.489 e. The summed E-state index contributed by atoms with van der Waals surface area (Å²) in [5.74, 6) is 1.64. The van der Waals surface area contributed by atoms with Gasteiger partial charge >= 0.3 is 0 Å². The molecule has 0 aliphatic carbocycles. The zero-order chi connectivity index (χ0) is 14.2. The third kappa shape index (κ3) is 4.80. The fraction of sp³-hybridized carbons (Fsp3) is 0.312. The first-order valence-corrected chi connectivity index (χ1v) is 6.75. The van der Waals surface area contributed by atoms with Crippen LogP contribution in [-0.4, -0.2) is 18.6 Å². The Kier molecular flexibility index (Phi) is 5.24. The van der Waals surface area contributed by atoms with Gasteiger partial charge in [0, 0.05) is 12.8 Å². The lowest BCUT2D eigenvalue weighted by atomic mass is 10.2. The van der Waals surface area contributed by atoms with Crippen molar-refractivity contribution < 1.29 is 13.9 Å². The van der Waals surface area contributed by atoms with Gasteiger partial charge in [0.2, 0.25) is 5.91 Å². The van der Waals surface area contributed by atoms with Crippen molar-refractivity contribution in [3.05, 3.63) is 54.5 Å². The van der Waals surface area contributed by atoms with Gasteiger partial charge in [-0.2, -0.15) is 0 Å². The van der Waals surface area contributed by atoms with E-state index in [1.54, 1.807) is 6.26 Å².